The van der Waals surface area contributed by atoms with E-state index in [4.69, 9.17) is 23.2 Å². The quantitative estimate of drug-likeness (QED) is 0.627. The zero-order valence-electron chi connectivity index (χ0n) is 16.2. The molecule has 0 radical (unpaired) electrons. The first-order valence-electron chi connectivity index (χ1n) is 8.38. The van der Waals surface area contributed by atoms with E-state index in [9.17, 15) is 18.6 Å². The summed E-state index contributed by atoms with van der Waals surface area (Å²) < 4.78 is 26.6. The van der Waals surface area contributed by atoms with Crippen LogP contribution in [-0.2, 0) is 20.7 Å². The van der Waals surface area contributed by atoms with Gasteiger partial charge >= 0.3 is 0 Å². The molecule has 4 nitrogen and oxygen atoms in total. The standard InChI is InChI=1S/C20H24Cl2O4S/c1-19(2,3)13-7-11(21)9-15(17(13)23)27(25,26)16-10-12(22)8-14(18(16)24)20(4,5)6/h7-10,23-24H,1-6H3. The van der Waals surface area contributed by atoms with Gasteiger partial charge < -0.3 is 10.2 Å². The third-order valence-corrected chi connectivity index (χ3v) is 6.49. The van der Waals surface area contributed by atoms with Crippen LogP contribution in [0, 0.1) is 0 Å². The molecule has 0 amide bonds. The van der Waals surface area contributed by atoms with Crippen molar-refractivity contribution in [2.24, 2.45) is 0 Å². The fraction of sp³-hybridized carbons (Fsp3) is 0.400. The third-order valence-electron chi connectivity index (χ3n) is 4.27. The average Bonchev–Trinajstić information content (AvgIpc) is 2.48. The van der Waals surface area contributed by atoms with Gasteiger partial charge in [-0.15, -0.1) is 0 Å². The summed E-state index contributed by atoms with van der Waals surface area (Å²) in [7, 11) is -4.28. The van der Waals surface area contributed by atoms with Crippen molar-refractivity contribution in [1.82, 2.24) is 0 Å². The molecule has 0 saturated heterocycles. The SMILES string of the molecule is CC(C)(C)c1cc(Cl)cc(S(=O)(=O)c2cc(Cl)cc(C(C)(C)C)c2O)c1O. The van der Waals surface area contributed by atoms with Crippen LogP contribution < -0.4 is 0 Å². The molecule has 27 heavy (non-hydrogen) atoms. The van der Waals surface area contributed by atoms with Gasteiger partial charge in [0.25, 0.3) is 0 Å². The highest BCUT2D eigenvalue weighted by Gasteiger charge is 2.32. The number of benzene rings is 2. The third kappa shape index (κ3) is 4.20. The first-order valence-corrected chi connectivity index (χ1v) is 10.6. The van der Waals surface area contributed by atoms with Crippen LogP contribution in [0.3, 0.4) is 0 Å². The Morgan fingerprint density at radius 2 is 1.00 bits per heavy atom. The molecule has 0 spiro atoms. The van der Waals surface area contributed by atoms with Crippen LogP contribution in [-0.4, -0.2) is 18.6 Å². The molecular weight excluding hydrogens is 407 g/mol. The van der Waals surface area contributed by atoms with Gasteiger partial charge in [-0.3, -0.25) is 0 Å². The normalized spacial score (nSPS) is 13.0. The van der Waals surface area contributed by atoms with E-state index in [1.54, 1.807) is 0 Å². The molecule has 0 unspecified atom stereocenters. The predicted octanol–water partition coefficient (Wildman–Crippen LogP) is 5.83. The molecule has 0 aliphatic heterocycles. The highest BCUT2D eigenvalue weighted by molar-refractivity contribution is 7.91. The Morgan fingerprint density at radius 3 is 1.26 bits per heavy atom. The van der Waals surface area contributed by atoms with Gasteiger partial charge in [0.05, 0.1) is 0 Å². The van der Waals surface area contributed by atoms with Crippen LogP contribution in [0.1, 0.15) is 52.7 Å². The van der Waals surface area contributed by atoms with Crippen LogP contribution in [0.15, 0.2) is 34.1 Å². The second-order valence-corrected chi connectivity index (χ2v) is 11.4. The van der Waals surface area contributed by atoms with Crippen molar-refractivity contribution >= 4 is 33.0 Å². The summed E-state index contributed by atoms with van der Waals surface area (Å²) in [6.45, 7) is 11.0. The second-order valence-electron chi connectivity index (χ2n) is 8.60. The minimum absolute atomic E-state index is 0.175. The molecular formula is C20H24Cl2O4S. The van der Waals surface area contributed by atoms with Gasteiger partial charge in [-0.25, -0.2) is 8.42 Å². The lowest BCUT2D eigenvalue weighted by Crippen LogP contribution is -2.15. The zero-order valence-corrected chi connectivity index (χ0v) is 18.5. The highest BCUT2D eigenvalue weighted by Crippen LogP contribution is 2.44. The molecule has 2 aromatic carbocycles. The van der Waals surface area contributed by atoms with E-state index in [2.05, 4.69) is 0 Å². The van der Waals surface area contributed by atoms with Crippen molar-refractivity contribution in [1.29, 1.82) is 0 Å². The number of phenols is 2. The number of halogens is 2. The van der Waals surface area contributed by atoms with E-state index in [0.29, 0.717) is 11.1 Å². The number of phenolic OH excluding ortho intramolecular Hbond substituents is 2. The lowest BCUT2D eigenvalue weighted by atomic mass is 9.86. The Bertz CT molecular complexity index is 923. The number of rotatable bonds is 2. The van der Waals surface area contributed by atoms with Gasteiger partial charge in [0, 0.05) is 21.2 Å². The second kappa shape index (κ2) is 6.87. The van der Waals surface area contributed by atoms with E-state index >= 15 is 0 Å². The summed E-state index contributed by atoms with van der Waals surface area (Å²) in [5, 5.41) is 21.7. The van der Waals surface area contributed by atoms with Crippen molar-refractivity contribution < 1.29 is 18.6 Å². The smallest absolute Gasteiger partial charge is 0.214 e. The first-order chi connectivity index (χ1) is 12.1. The monoisotopic (exact) mass is 430 g/mol. The van der Waals surface area contributed by atoms with Crippen molar-refractivity contribution in [2.45, 2.75) is 62.2 Å². The van der Waals surface area contributed by atoms with Crippen LogP contribution in [0.5, 0.6) is 11.5 Å². The van der Waals surface area contributed by atoms with Crippen LogP contribution in [0.4, 0.5) is 0 Å². The molecule has 0 aliphatic carbocycles. The van der Waals surface area contributed by atoms with E-state index < -0.39 is 20.7 Å². The molecule has 2 N–H and O–H groups in total. The highest BCUT2D eigenvalue weighted by atomic mass is 35.5. The Balaban J connectivity index is 2.87. The van der Waals surface area contributed by atoms with Crippen LogP contribution in [0.2, 0.25) is 10.0 Å². The zero-order chi connectivity index (χ0) is 20.9. The predicted molar refractivity (Wildman–Crippen MR) is 109 cm³/mol. The van der Waals surface area contributed by atoms with Gasteiger partial charge in [0.2, 0.25) is 9.84 Å². The largest absolute Gasteiger partial charge is 0.506 e. The lowest BCUT2D eigenvalue weighted by molar-refractivity contribution is 0.427. The summed E-state index contributed by atoms with van der Waals surface area (Å²) in [5.41, 5.74) is -0.282. The summed E-state index contributed by atoms with van der Waals surface area (Å²) >= 11 is 12.3. The Hall–Kier alpha value is -1.43. The maximum atomic E-state index is 13.3. The topological polar surface area (TPSA) is 74.6 Å². The maximum Gasteiger partial charge on any atom is 0.214 e. The molecule has 0 heterocycles. The van der Waals surface area contributed by atoms with Crippen molar-refractivity contribution in [3.05, 3.63) is 45.4 Å². The first kappa shape index (κ1) is 21.9. The van der Waals surface area contributed by atoms with Gasteiger partial charge in [-0.2, -0.15) is 0 Å². The average molecular weight is 431 g/mol. The molecule has 2 rings (SSSR count). The van der Waals surface area contributed by atoms with E-state index in [-0.39, 0.29) is 31.3 Å². The summed E-state index contributed by atoms with van der Waals surface area (Å²) in [6, 6.07) is 5.43. The van der Waals surface area contributed by atoms with Crippen LogP contribution in [0.25, 0.3) is 0 Å². The Morgan fingerprint density at radius 1 is 0.704 bits per heavy atom. The van der Waals surface area contributed by atoms with Crippen LogP contribution >= 0.6 is 23.2 Å². The molecule has 0 saturated carbocycles. The number of hydrogen-bond donors (Lipinski definition) is 2. The maximum absolute atomic E-state index is 13.3. The number of sulfone groups is 1. The molecule has 0 bridgehead atoms. The van der Waals surface area contributed by atoms with E-state index in [1.165, 1.54) is 24.3 Å². The van der Waals surface area contributed by atoms with Gasteiger partial charge in [-0.05, 0) is 35.1 Å². The lowest BCUT2D eigenvalue weighted by Gasteiger charge is -2.24. The summed E-state index contributed by atoms with van der Waals surface area (Å²) in [5.74, 6) is -0.771. The summed E-state index contributed by atoms with van der Waals surface area (Å²) in [6.07, 6.45) is 0. The molecule has 2 aromatic rings. The number of aromatic hydroxyl groups is 2. The van der Waals surface area contributed by atoms with Crippen molar-refractivity contribution in [2.75, 3.05) is 0 Å². The summed E-state index contributed by atoms with van der Waals surface area (Å²) in [4.78, 5) is -0.727. The Labute approximate surface area is 170 Å². The van der Waals surface area contributed by atoms with Gasteiger partial charge in [0.15, 0.2) is 0 Å². The molecule has 0 fully saturated rings. The molecule has 7 heteroatoms. The molecule has 0 atom stereocenters. The van der Waals surface area contributed by atoms with Gasteiger partial charge in [-0.1, -0.05) is 64.7 Å². The number of hydrogen-bond acceptors (Lipinski definition) is 4. The minimum Gasteiger partial charge on any atom is -0.506 e. The fourth-order valence-corrected chi connectivity index (χ4v) is 4.92. The molecule has 148 valence electrons. The van der Waals surface area contributed by atoms with E-state index in [1.807, 2.05) is 41.5 Å². The molecule has 0 aliphatic rings. The van der Waals surface area contributed by atoms with Crippen molar-refractivity contribution in [3.8, 4) is 11.5 Å². The fourth-order valence-electron chi connectivity index (χ4n) is 2.82. The van der Waals surface area contributed by atoms with E-state index in [0.717, 1.165) is 0 Å². The van der Waals surface area contributed by atoms with Gasteiger partial charge in [0.1, 0.15) is 21.3 Å². The molecule has 0 aromatic heterocycles. The van der Waals surface area contributed by atoms with Crippen molar-refractivity contribution in [3.63, 3.8) is 0 Å². The minimum atomic E-state index is -4.28. The Kier molecular flexibility index (Phi) is 5.56.